The van der Waals surface area contributed by atoms with Gasteiger partial charge in [0.2, 0.25) is 0 Å². The quantitative estimate of drug-likeness (QED) is 0.607. The molecule has 0 saturated heterocycles. The molecule has 0 heterocycles. The third kappa shape index (κ3) is 2.58. The third-order valence-corrected chi connectivity index (χ3v) is 2.30. The summed E-state index contributed by atoms with van der Waals surface area (Å²) in [6.07, 6.45) is 0. The summed E-state index contributed by atoms with van der Waals surface area (Å²) in [5, 5.41) is 8.62. The molecular formula is C12H10ClN3. The molecule has 0 amide bonds. The Morgan fingerprint density at radius 1 is 0.938 bits per heavy atom. The van der Waals surface area contributed by atoms with Gasteiger partial charge in [0.05, 0.1) is 10.7 Å². The van der Waals surface area contributed by atoms with Crippen molar-refractivity contribution in [2.45, 2.75) is 0 Å². The van der Waals surface area contributed by atoms with Gasteiger partial charge in [-0.25, -0.2) is 0 Å². The highest BCUT2D eigenvalue weighted by atomic mass is 35.5. The van der Waals surface area contributed by atoms with Gasteiger partial charge in [-0.05, 0) is 30.3 Å². The van der Waals surface area contributed by atoms with Gasteiger partial charge in [0.1, 0.15) is 5.69 Å². The zero-order valence-corrected chi connectivity index (χ0v) is 9.22. The number of anilines is 1. The van der Waals surface area contributed by atoms with Gasteiger partial charge >= 0.3 is 0 Å². The van der Waals surface area contributed by atoms with E-state index in [0.29, 0.717) is 16.4 Å². The van der Waals surface area contributed by atoms with Crippen molar-refractivity contribution in [3.05, 3.63) is 53.6 Å². The molecule has 2 N–H and O–H groups in total. The standard InChI is InChI=1S/C12H10ClN3/c13-11-8-9(14)6-7-12(11)16-15-10-4-2-1-3-5-10/h1-8H,14H2. The number of halogens is 1. The SMILES string of the molecule is Nc1ccc(N=Nc2ccccc2)c(Cl)c1. The molecular weight excluding hydrogens is 222 g/mol. The zero-order valence-electron chi connectivity index (χ0n) is 8.47. The van der Waals surface area contributed by atoms with E-state index in [4.69, 9.17) is 17.3 Å². The summed E-state index contributed by atoms with van der Waals surface area (Å²) in [6, 6.07) is 14.6. The molecule has 0 unspecified atom stereocenters. The number of hydrogen-bond donors (Lipinski definition) is 1. The van der Waals surface area contributed by atoms with Crippen molar-refractivity contribution in [3.63, 3.8) is 0 Å². The van der Waals surface area contributed by atoms with Crippen molar-refractivity contribution in [2.24, 2.45) is 10.2 Å². The number of hydrogen-bond acceptors (Lipinski definition) is 3. The predicted molar refractivity (Wildman–Crippen MR) is 66.5 cm³/mol. The molecule has 0 atom stereocenters. The van der Waals surface area contributed by atoms with Gasteiger partial charge in [0.25, 0.3) is 0 Å². The monoisotopic (exact) mass is 231 g/mol. The molecule has 0 aromatic heterocycles. The van der Waals surface area contributed by atoms with Crippen molar-refractivity contribution >= 4 is 28.7 Å². The summed E-state index contributed by atoms with van der Waals surface area (Å²) in [5.41, 5.74) is 7.59. The van der Waals surface area contributed by atoms with E-state index >= 15 is 0 Å². The van der Waals surface area contributed by atoms with E-state index in [2.05, 4.69) is 10.2 Å². The molecule has 2 aromatic rings. The first-order chi connectivity index (χ1) is 7.75. The van der Waals surface area contributed by atoms with Crippen LogP contribution in [0.15, 0.2) is 58.8 Å². The molecule has 0 aliphatic carbocycles. The van der Waals surface area contributed by atoms with Crippen LogP contribution in [0.4, 0.5) is 17.1 Å². The van der Waals surface area contributed by atoms with Gasteiger partial charge in [-0.2, -0.15) is 5.11 Å². The Hall–Kier alpha value is -1.87. The van der Waals surface area contributed by atoms with Crippen LogP contribution >= 0.6 is 11.6 Å². The van der Waals surface area contributed by atoms with Crippen molar-refractivity contribution in [3.8, 4) is 0 Å². The fourth-order valence-electron chi connectivity index (χ4n) is 1.21. The smallest absolute Gasteiger partial charge is 0.104 e. The summed E-state index contributed by atoms with van der Waals surface area (Å²) in [5.74, 6) is 0. The minimum atomic E-state index is 0.500. The Labute approximate surface area is 98.6 Å². The lowest BCUT2D eigenvalue weighted by atomic mass is 10.3. The van der Waals surface area contributed by atoms with Gasteiger partial charge in [-0.1, -0.05) is 29.8 Å². The number of nitrogens with zero attached hydrogens (tertiary/aromatic N) is 2. The zero-order chi connectivity index (χ0) is 11.4. The summed E-state index contributed by atoms with van der Waals surface area (Å²) in [7, 11) is 0. The largest absolute Gasteiger partial charge is 0.399 e. The van der Waals surface area contributed by atoms with Crippen LogP contribution in [0, 0.1) is 0 Å². The molecule has 0 bridgehead atoms. The van der Waals surface area contributed by atoms with E-state index in [1.54, 1.807) is 18.2 Å². The Morgan fingerprint density at radius 3 is 2.38 bits per heavy atom. The second-order valence-corrected chi connectivity index (χ2v) is 3.65. The van der Waals surface area contributed by atoms with Crippen LogP contribution in [0.1, 0.15) is 0 Å². The molecule has 0 saturated carbocycles. The molecule has 0 radical (unpaired) electrons. The summed E-state index contributed by atoms with van der Waals surface area (Å²) < 4.78 is 0. The molecule has 0 aliphatic rings. The van der Waals surface area contributed by atoms with Crippen LogP contribution in [0.5, 0.6) is 0 Å². The molecule has 2 rings (SSSR count). The summed E-state index contributed by atoms with van der Waals surface area (Å²) in [6.45, 7) is 0. The van der Waals surface area contributed by atoms with Crippen molar-refractivity contribution < 1.29 is 0 Å². The maximum Gasteiger partial charge on any atom is 0.104 e. The topological polar surface area (TPSA) is 50.7 Å². The number of nitrogens with two attached hydrogens (primary N) is 1. The van der Waals surface area contributed by atoms with E-state index in [1.807, 2.05) is 30.3 Å². The fourth-order valence-corrected chi connectivity index (χ4v) is 1.44. The molecule has 2 aromatic carbocycles. The first-order valence-electron chi connectivity index (χ1n) is 4.77. The lowest BCUT2D eigenvalue weighted by Crippen LogP contribution is -1.82. The normalized spacial score (nSPS) is 10.8. The van der Waals surface area contributed by atoms with Gasteiger partial charge in [0, 0.05) is 5.69 Å². The van der Waals surface area contributed by atoms with Crippen molar-refractivity contribution in [1.82, 2.24) is 0 Å². The molecule has 0 aliphatic heterocycles. The fraction of sp³-hybridized carbons (Fsp3) is 0. The molecule has 4 heteroatoms. The average molecular weight is 232 g/mol. The lowest BCUT2D eigenvalue weighted by molar-refractivity contribution is 1.23. The van der Waals surface area contributed by atoms with Crippen molar-refractivity contribution in [2.75, 3.05) is 5.73 Å². The second-order valence-electron chi connectivity index (χ2n) is 3.25. The van der Waals surface area contributed by atoms with Gasteiger partial charge in [0.15, 0.2) is 0 Å². The molecule has 16 heavy (non-hydrogen) atoms. The molecule has 80 valence electrons. The highest BCUT2D eigenvalue weighted by Crippen LogP contribution is 2.28. The van der Waals surface area contributed by atoms with Crippen LogP contribution in [-0.4, -0.2) is 0 Å². The summed E-state index contributed by atoms with van der Waals surface area (Å²) >= 11 is 5.96. The van der Waals surface area contributed by atoms with Crippen molar-refractivity contribution in [1.29, 1.82) is 0 Å². The Kier molecular flexibility index (Phi) is 3.17. The number of nitrogen functional groups attached to an aromatic ring is 1. The number of benzene rings is 2. The van der Waals surface area contributed by atoms with E-state index in [-0.39, 0.29) is 0 Å². The minimum Gasteiger partial charge on any atom is -0.399 e. The van der Waals surface area contributed by atoms with Gasteiger partial charge in [-0.3, -0.25) is 0 Å². The summed E-state index contributed by atoms with van der Waals surface area (Å²) in [4.78, 5) is 0. The average Bonchev–Trinajstić information content (AvgIpc) is 2.29. The first kappa shape index (κ1) is 10.6. The Balaban J connectivity index is 2.24. The number of azo groups is 1. The van der Waals surface area contributed by atoms with E-state index in [0.717, 1.165) is 5.69 Å². The van der Waals surface area contributed by atoms with Gasteiger partial charge < -0.3 is 5.73 Å². The van der Waals surface area contributed by atoms with E-state index in [9.17, 15) is 0 Å². The van der Waals surface area contributed by atoms with Crippen LogP contribution in [0.3, 0.4) is 0 Å². The Bertz CT molecular complexity index is 509. The maximum absolute atomic E-state index is 5.96. The molecule has 3 nitrogen and oxygen atoms in total. The predicted octanol–water partition coefficient (Wildman–Crippen LogP) is 4.34. The maximum atomic E-state index is 5.96. The van der Waals surface area contributed by atoms with Crippen LogP contribution in [0.25, 0.3) is 0 Å². The lowest BCUT2D eigenvalue weighted by Gasteiger charge is -1.98. The second kappa shape index (κ2) is 4.77. The highest BCUT2D eigenvalue weighted by molar-refractivity contribution is 6.33. The molecule has 0 fully saturated rings. The van der Waals surface area contributed by atoms with Crippen LogP contribution in [0.2, 0.25) is 5.02 Å². The Morgan fingerprint density at radius 2 is 1.69 bits per heavy atom. The van der Waals surface area contributed by atoms with E-state index in [1.165, 1.54) is 0 Å². The number of rotatable bonds is 2. The first-order valence-corrected chi connectivity index (χ1v) is 5.15. The van der Waals surface area contributed by atoms with E-state index < -0.39 is 0 Å². The third-order valence-electron chi connectivity index (χ3n) is 2.00. The highest BCUT2D eigenvalue weighted by Gasteiger charge is 1.98. The molecule has 0 spiro atoms. The van der Waals surface area contributed by atoms with Crippen LogP contribution in [-0.2, 0) is 0 Å². The minimum absolute atomic E-state index is 0.500. The van der Waals surface area contributed by atoms with Gasteiger partial charge in [-0.15, -0.1) is 5.11 Å². The van der Waals surface area contributed by atoms with Crippen LogP contribution < -0.4 is 5.73 Å².